The minimum Gasteiger partial charge on any atom is -0.343 e. The Bertz CT molecular complexity index is 1210. The van der Waals surface area contributed by atoms with Gasteiger partial charge in [-0.15, -0.1) is 0 Å². The lowest BCUT2D eigenvalue weighted by atomic mass is 9.97. The highest BCUT2D eigenvalue weighted by Crippen LogP contribution is 2.27. The van der Waals surface area contributed by atoms with Gasteiger partial charge in [-0.2, -0.15) is 0 Å². The Balaban J connectivity index is 2.00. The average molecular weight is 465 g/mol. The molecule has 0 aromatic heterocycles. The zero-order valence-electron chi connectivity index (χ0n) is 19.9. The van der Waals surface area contributed by atoms with E-state index in [1.54, 1.807) is 6.07 Å². The van der Waals surface area contributed by atoms with Crippen LogP contribution in [-0.2, 0) is 14.8 Å². The van der Waals surface area contributed by atoms with Crippen LogP contribution in [0.3, 0.4) is 0 Å². The minimum atomic E-state index is -3.70. The molecule has 1 N–H and O–H groups in total. The van der Waals surface area contributed by atoms with Crippen LogP contribution >= 0.6 is 0 Å². The van der Waals surface area contributed by atoms with Crippen molar-refractivity contribution in [2.45, 2.75) is 46.2 Å². The molecule has 0 aliphatic rings. The molecule has 3 aromatic carbocycles. The summed E-state index contributed by atoms with van der Waals surface area (Å²) in [6, 6.07) is 21.9. The first-order valence-electron chi connectivity index (χ1n) is 11.1. The van der Waals surface area contributed by atoms with Crippen molar-refractivity contribution in [3.05, 3.63) is 101 Å². The number of sulfonamides is 1. The molecule has 0 bridgehead atoms. The van der Waals surface area contributed by atoms with Crippen LogP contribution in [0.15, 0.2) is 72.8 Å². The number of nitrogens with zero attached hydrogens (tertiary/aromatic N) is 1. The molecule has 3 rings (SSSR count). The molecule has 6 heteroatoms. The van der Waals surface area contributed by atoms with Gasteiger partial charge in [0.25, 0.3) is 0 Å². The number of nitrogens with one attached hydrogen (secondary N) is 1. The minimum absolute atomic E-state index is 0.335. The highest BCUT2D eigenvalue weighted by atomic mass is 32.2. The average Bonchev–Trinajstić information content (AvgIpc) is 2.78. The fraction of sp³-hybridized carbons (Fsp3) is 0.296. The zero-order chi connectivity index (χ0) is 24.2. The van der Waals surface area contributed by atoms with Crippen LogP contribution in [0.2, 0.25) is 0 Å². The van der Waals surface area contributed by atoms with E-state index in [1.165, 1.54) is 4.31 Å². The molecule has 0 spiro atoms. The Morgan fingerprint density at radius 2 is 1.48 bits per heavy atom. The number of rotatable bonds is 8. The van der Waals surface area contributed by atoms with Gasteiger partial charge in [0.05, 0.1) is 18.0 Å². The number of aryl methyl sites for hydroxylation is 3. The quantitative estimate of drug-likeness (QED) is 0.507. The SMILES string of the molecule is CC[C@H](C(=O)N[C@H](c1ccccc1)c1ccc(C)cc1)N(c1ccc(C)c(C)c1)S(C)(=O)=O. The summed E-state index contributed by atoms with van der Waals surface area (Å²) in [5, 5.41) is 3.12. The van der Waals surface area contributed by atoms with Crippen molar-refractivity contribution in [1.29, 1.82) is 0 Å². The van der Waals surface area contributed by atoms with E-state index in [1.807, 2.05) is 94.4 Å². The molecule has 0 aliphatic heterocycles. The second-order valence-electron chi connectivity index (χ2n) is 8.51. The van der Waals surface area contributed by atoms with E-state index in [2.05, 4.69) is 5.32 Å². The van der Waals surface area contributed by atoms with Gasteiger partial charge < -0.3 is 5.32 Å². The summed E-state index contributed by atoms with van der Waals surface area (Å²) < 4.78 is 26.9. The Kier molecular flexibility index (Phi) is 7.59. The second kappa shape index (κ2) is 10.2. The molecule has 0 radical (unpaired) electrons. The van der Waals surface area contributed by atoms with Crippen molar-refractivity contribution in [2.75, 3.05) is 10.6 Å². The van der Waals surface area contributed by atoms with Crippen LogP contribution in [-0.4, -0.2) is 26.6 Å². The van der Waals surface area contributed by atoms with Crippen molar-refractivity contribution in [1.82, 2.24) is 5.32 Å². The van der Waals surface area contributed by atoms with Gasteiger partial charge >= 0.3 is 0 Å². The molecule has 0 saturated heterocycles. The highest BCUT2D eigenvalue weighted by molar-refractivity contribution is 7.92. The summed E-state index contributed by atoms with van der Waals surface area (Å²) in [4.78, 5) is 13.6. The predicted molar refractivity (Wildman–Crippen MR) is 135 cm³/mol. The van der Waals surface area contributed by atoms with E-state index < -0.39 is 22.1 Å². The second-order valence-corrected chi connectivity index (χ2v) is 10.4. The van der Waals surface area contributed by atoms with Gasteiger partial charge in [0.2, 0.25) is 15.9 Å². The van der Waals surface area contributed by atoms with Crippen LogP contribution in [0, 0.1) is 20.8 Å². The predicted octanol–water partition coefficient (Wildman–Crippen LogP) is 5.06. The third-order valence-electron chi connectivity index (χ3n) is 5.90. The van der Waals surface area contributed by atoms with E-state index in [-0.39, 0.29) is 5.91 Å². The summed E-state index contributed by atoms with van der Waals surface area (Å²) in [5.41, 5.74) is 5.52. The van der Waals surface area contributed by atoms with Crippen LogP contribution in [0.25, 0.3) is 0 Å². The molecular formula is C27H32N2O3S. The Hall–Kier alpha value is -3.12. The van der Waals surface area contributed by atoms with E-state index in [0.29, 0.717) is 12.1 Å². The van der Waals surface area contributed by atoms with E-state index in [9.17, 15) is 13.2 Å². The third kappa shape index (κ3) is 5.82. The molecule has 0 fully saturated rings. The highest BCUT2D eigenvalue weighted by Gasteiger charge is 2.33. The number of anilines is 1. The molecule has 33 heavy (non-hydrogen) atoms. The number of carbonyl (C=O) groups excluding carboxylic acids is 1. The Morgan fingerprint density at radius 1 is 0.879 bits per heavy atom. The van der Waals surface area contributed by atoms with Gasteiger partial charge in [-0.1, -0.05) is 73.2 Å². The molecule has 0 aliphatic carbocycles. The van der Waals surface area contributed by atoms with E-state index in [0.717, 1.165) is 34.1 Å². The summed E-state index contributed by atoms with van der Waals surface area (Å²) in [7, 11) is -3.70. The monoisotopic (exact) mass is 464 g/mol. The lowest BCUT2D eigenvalue weighted by Crippen LogP contribution is -2.50. The number of benzene rings is 3. The van der Waals surface area contributed by atoms with Gasteiger partial charge in [0, 0.05) is 0 Å². The number of hydrogen-bond donors (Lipinski definition) is 1. The number of carbonyl (C=O) groups is 1. The molecular weight excluding hydrogens is 432 g/mol. The fourth-order valence-corrected chi connectivity index (χ4v) is 5.13. The van der Waals surface area contributed by atoms with Crippen molar-refractivity contribution in [2.24, 2.45) is 0 Å². The number of hydrogen-bond acceptors (Lipinski definition) is 3. The van der Waals surface area contributed by atoms with E-state index in [4.69, 9.17) is 0 Å². The molecule has 0 heterocycles. The maximum absolute atomic E-state index is 13.6. The van der Waals surface area contributed by atoms with Gasteiger partial charge in [-0.3, -0.25) is 9.10 Å². The van der Waals surface area contributed by atoms with Crippen molar-refractivity contribution in [3.63, 3.8) is 0 Å². The van der Waals surface area contributed by atoms with Crippen LogP contribution < -0.4 is 9.62 Å². The summed E-state index contributed by atoms with van der Waals surface area (Å²) in [5.74, 6) is -0.337. The molecule has 2 atom stereocenters. The lowest BCUT2D eigenvalue weighted by Gasteiger charge is -2.32. The maximum atomic E-state index is 13.6. The normalized spacial score (nSPS) is 13.2. The topological polar surface area (TPSA) is 66.5 Å². The smallest absolute Gasteiger partial charge is 0.244 e. The lowest BCUT2D eigenvalue weighted by molar-refractivity contribution is -0.122. The molecule has 0 saturated carbocycles. The number of amides is 1. The standard InChI is InChI=1S/C27H32N2O3S/c1-6-25(29(33(5,31)32)24-17-14-20(3)21(4)18-24)27(30)28-26(22-10-8-7-9-11-22)23-15-12-19(2)13-16-23/h7-18,25-26H,6H2,1-5H3,(H,28,30)/t25-,26-/m1/s1. The van der Waals surface area contributed by atoms with Crippen LogP contribution in [0.4, 0.5) is 5.69 Å². The Labute approximate surface area is 197 Å². The fourth-order valence-electron chi connectivity index (χ4n) is 3.92. The molecule has 174 valence electrons. The first-order valence-corrected chi connectivity index (χ1v) is 12.9. The van der Waals surface area contributed by atoms with E-state index >= 15 is 0 Å². The summed E-state index contributed by atoms with van der Waals surface area (Å²) in [6.07, 6.45) is 1.48. The maximum Gasteiger partial charge on any atom is 0.244 e. The molecule has 3 aromatic rings. The van der Waals surface area contributed by atoms with Crippen molar-refractivity contribution >= 4 is 21.6 Å². The summed E-state index contributed by atoms with van der Waals surface area (Å²) >= 11 is 0. The summed E-state index contributed by atoms with van der Waals surface area (Å²) in [6.45, 7) is 7.75. The van der Waals surface area contributed by atoms with Gasteiger partial charge in [-0.05, 0) is 61.6 Å². The van der Waals surface area contributed by atoms with Crippen LogP contribution in [0.1, 0.15) is 47.2 Å². The van der Waals surface area contributed by atoms with Gasteiger partial charge in [-0.25, -0.2) is 8.42 Å². The van der Waals surface area contributed by atoms with Crippen molar-refractivity contribution < 1.29 is 13.2 Å². The zero-order valence-corrected chi connectivity index (χ0v) is 20.7. The molecule has 0 unspecified atom stereocenters. The Morgan fingerprint density at radius 3 is 2.03 bits per heavy atom. The third-order valence-corrected chi connectivity index (χ3v) is 7.08. The first kappa shape index (κ1) is 24.5. The van der Waals surface area contributed by atoms with Gasteiger partial charge in [0.15, 0.2) is 0 Å². The van der Waals surface area contributed by atoms with Gasteiger partial charge in [0.1, 0.15) is 6.04 Å². The largest absolute Gasteiger partial charge is 0.343 e. The van der Waals surface area contributed by atoms with Crippen LogP contribution in [0.5, 0.6) is 0 Å². The van der Waals surface area contributed by atoms with Crippen molar-refractivity contribution in [3.8, 4) is 0 Å². The first-order chi connectivity index (χ1) is 15.6. The molecule has 5 nitrogen and oxygen atoms in total. The molecule has 1 amide bonds.